The van der Waals surface area contributed by atoms with Crippen LogP contribution in [0, 0.1) is 0 Å². The molecule has 1 aliphatic rings. The maximum Gasteiger partial charge on any atom is 0.257 e. The fourth-order valence-corrected chi connectivity index (χ4v) is 2.12. The molecular formula is C13H15ClN2O3. The molecule has 1 heterocycles. The minimum atomic E-state index is -0.443. The van der Waals surface area contributed by atoms with Gasteiger partial charge in [-0.05, 0) is 30.7 Å². The number of nitrogens with zero attached hydrogens (tertiary/aromatic N) is 1. The molecule has 2 rings (SSSR count). The fourth-order valence-electron chi connectivity index (χ4n) is 2.00. The van der Waals surface area contributed by atoms with E-state index in [4.69, 9.17) is 11.6 Å². The van der Waals surface area contributed by atoms with Gasteiger partial charge in [0, 0.05) is 23.7 Å². The van der Waals surface area contributed by atoms with Crippen LogP contribution in [0.3, 0.4) is 0 Å². The first kappa shape index (κ1) is 14.0. The predicted molar refractivity (Wildman–Crippen MR) is 71.0 cm³/mol. The van der Waals surface area contributed by atoms with Gasteiger partial charge in [-0.3, -0.25) is 19.8 Å². The molecule has 0 unspecified atom stereocenters. The summed E-state index contributed by atoms with van der Waals surface area (Å²) in [5, 5.41) is 12.2. The highest BCUT2D eigenvalue weighted by Crippen LogP contribution is 2.10. The molecule has 0 aliphatic carbocycles. The largest absolute Gasteiger partial charge is 0.392 e. The van der Waals surface area contributed by atoms with Crippen LogP contribution in [-0.2, 0) is 4.79 Å². The molecular weight excluding hydrogens is 268 g/mol. The molecule has 5 nitrogen and oxygen atoms in total. The minimum absolute atomic E-state index is 0.121. The van der Waals surface area contributed by atoms with E-state index in [1.54, 1.807) is 24.3 Å². The third kappa shape index (κ3) is 4.02. The predicted octanol–water partition coefficient (Wildman–Crippen LogP) is 0.663. The third-order valence-electron chi connectivity index (χ3n) is 2.97. The highest BCUT2D eigenvalue weighted by atomic mass is 35.5. The molecule has 1 aliphatic heterocycles. The lowest BCUT2D eigenvalue weighted by Gasteiger charge is -2.13. The Kier molecular flexibility index (Phi) is 4.52. The Balaban J connectivity index is 1.85. The van der Waals surface area contributed by atoms with Crippen LogP contribution in [0.2, 0.25) is 5.02 Å². The van der Waals surface area contributed by atoms with E-state index in [0.717, 1.165) is 0 Å². The molecule has 0 bridgehead atoms. The first-order valence-corrected chi connectivity index (χ1v) is 6.42. The Hall–Kier alpha value is -1.43. The standard InChI is InChI=1S/C13H15ClN2O3/c14-10-3-1-9(2-4-10)13(19)15-12(18)8-16-6-5-11(17)7-16/h1-4,11,17H,5-8H2,(H,15,18,19)/t11-/m0/s1. The van der Waals surface area contributed by atoms with Gasteiger partial charge in [0.2, 0.25) is 5.91 Å². The van der Waals surface area contributed by atoms with Crippen LogP contribution in [-0.4, -0.2) is 47.6 Å². The van der Waals surface area contributed by atoms with Crippen molar-refractivity contribution in [2.45, 2.75) is 12.5 Å². The van der Waals surface area contributed by atoms with Gasteiger partial charge in [0.15, 0.2) is 0 Å². The monoisotopic (exact) mass is 282 g/mol. The Bertz CT molecular complexity index is 475. The number of β-amino-alcohol motifs (C(OH)–C–C–N with tert-alkyl or cyclic N) is 1. The smallest absolute Gasteiger partial charge is 0.257 e. The highest BCUT2D eigenvalue weighted by Gasteiger charge is 2.22. The van der Waals surface area contributed by atoms with E-state index < -0.39 is 5.91 Å². The quantitative estimate of drug-likeness (QED) is 0.855. The van der Waals surface area contributed by atoms with Crippen LogP contribution >= 0.6 is 11.6 Å². The van der Waals surface area contributed by atoms with Gasteiger partial charge in [-0.15, -0.1) is 0 Å². The van der Waals surface area contributed by atoms with Crippen LogP contribution < -0.4 is 5.32 Å². The third-order valence-corrected chi connectivity index (χ3v) is 3.23. The molecule has 1 fully saturated rings. The molecule has 1 aromatic carbocycles. The number of halogens is 1. The summed E-state index contributed by atoms with van der Waals surface area (Å²) in [7, 11) is 0. The second-order valence-corrected chi connectivity index (χ2v) is 5.00. The van der Waals surface area contributed by atoms with Crippen LogP contribution in [0.4, 0.5) is 0 Å². The van der Waals surface area contributed by atoms with Crippen molar-refractivity contribution in [1.82, 2.24) is 10.2 Å². The number of hydrogen-bond donors (Lipinski definition) is 2. The number of benzene rings is 1. The Morgan fingerprint density at radius 3 is 2.63 bits per heavy atom. The number of nitrogens with one attached hydrogen (secondary N) is 1. The van der Waals surface area contributed by atoms with E-state index in [-0.39, 0.29) is 18.6 Å². The van der Waals surface area contributed by atoms with Crippen molar-refractivity contribution in [2.24, 2.45) is 0 Å². The number of aliphatic hydroxyl groups excluding tert-OH is 1. The molecule has 1 saturated heterocycles. The molecule has 2 N–H and O–H groups in total. The van der Waals surface area contributed by atoms with Crippen molar-refractivity contribution in [2.75, 3.05) is 19.6 Å². The van der Waals surface area contributed by atoms with Gasteiger partial charge in [0.25, 0.3) is 5.91 Å². The second kappa shape index (κ2) is 6.14. The lowest BCUT2D eigenvalue weighted by Crippen LogP contribution is -2.39. The van der Waals surface area contributed by atoms with Crippen LogP contribution in [0.1, 0.15) is 16.8 Å². The Labute approximate surface area is 116 Å². The summed E-state index contributed by atoms with van der Waals surface area (Å²) in [6.45, 7) is 1.27. The zero-order valence-corrected chi connectivity index (χ0v) is 11.1. The summed E-state index contributed by atoms with van der Waals surface area (Å²) in [6.07, 6.45) is 0.290. The van der Waals surface area contributed by atoms with Crippen molar-refractivity contribution in [3.63, 3.8) is 0 Å². The summed E-state index contributed by atoms with van der Waals surface area (Å²) in [6, 6.07) is 6.31. The SMILES string of the molecule is O=C(CN1CC[C@H](O)C1)NC(=O)c1ccc(Cl)cc1. The number of hydrogen-bond acceptors (Lipinski definition) is 4. The van der Waals surface area contributed by atoms with Crippen molar-refractivity contribution in [3.05, 3.63) is 34.9 Å². The average molecular weight is 283 g/mol. The van der Waals surface area contributed by atoms with Gasteiger partial charge in [0.1, 0.15) is 0 Å². The second-order valence-electron chi connectivity index (χ2n) is 4.56. The van der Waals surface area contributed by atoms with E-state index in [1.165, 1.54) is 0 Å². The Morgan fingerprint density at radius 2 is 2.05 bits per heavy atom. The molecule has 1 aromatic rings. The summed E-state index contributed by atoms with van der Waals surface area (Å²) in [5.41, 5.74) is 0.388. The molecule has 1 atom stereocenters. The zero-order chi connectivity index (χ0) is 13.8. The normalized spacial score (nSPS) is 19.4. The number of carbonyl (C=O) groups is 2. The molecule has 19 heavy (non-hydrogen) atoms. The first-order chi connectivity index (χ1) is 9.04. The molecule has 0 radical (unpaired) electrons. The van der Waals surface area contributed by atoms with Crippen LogP contribution in [0.25, 0.3) is 0 Å². The van der Waals surface area contributed by atoms with Crippen molar-refractivity contribution < 1.29 is 14.7 Å². The fraction of sp³-hybridized carbons (Fsp3) is 0.385. The van der Waals surface area contributed by atoms with E-state index in [2.05, 4.69) is 5.32 Å². The lowest BCUT2D eigenvalue weighted by molar-refractivity contribution is -0.121. The number of imide groups is 1. The van der Waals surface area contributed by atoms with Crippen molar-refractivity contribution >= 4 is 23.4 Å². The maximum atomic E-state index is 11.8. The van der Waals surface area contributed by atoms with Gasteiger partial charge in [0.05, 0.1) is 12.6 Å². The van der Waals surface area contributed by atoms with Gasteiger partial charge in [-0.25, -0.2) is 0 Å². The van der Waals surface area contributed by atoms with Gasteiger partial charge in [-0.1, -0.05) is 11.6 Å². The number of amides is 2. The molecule has 2 amide bonds. The summed E-state index contributed by atoms with van der Waals surface area (Å²) in [4.78, 5) is 25.3. The summed E-state index contributed by atoms with van der Waals surface area (Å²) in [5.74, 6) is -0.810. The average Bonchev–Trinajstić information content (AvgIpc) is 2.75. The summed E-state index contributed by atoms with van der Waals surface area (Å²) >= 11 is 5.72. The van der Waals surface area contributed by atoms with E-state index in [0.29, 0.717) is 30.1 Å². The maximum absolute atomic E-state index is 11.8. The minimum Gasteiger partial charge on any atom is -0.392 e. The topological polar surface area (TPSA) is 69.6 Å². The number of aliphatic hydroxyl groups is 1. The van der Waals surface area contributed by atoms with E-state index in [9.17, 15) is 14.7 Å². The molecule has 102 valence electrons. The first-order valence-electron chi connectivity index (χ1n) is 6.05. The lowest BCUT2D eigenvalue weighted by atomic mass is 10.2. The molecule has 0 aromatic heterocycles. The van der Waals surface area contributed by atoms with E-state index in [1.807, 2.05) is 4.90 Å². The van der Waals surface area contributed by atoms with Gasteiger partial charge in [-0.2, -0.15) is 0 Å². The van der Waals surface area contributed by atoms with E-state index >= 15 is 0 Å². The van der Waals surface area contributed by atoms with Crippen LogP contribution in [0.15, 0.2) is 24.3 Å². The molecule has 0 spiro atoms. The van der Waals surface area contributed by atoms with Gasteiger partial charge < -0.3 is 5.11 Å². The summed E-state index contributed by atoms with van der Waals surface area (Å²) < 4.78 is 0. The number of rotatable bonds is 3. The Morgan fingerprint density at radius 1 is 1.37 bits per heavy atom. The van der Waals surface area contributed by atoms with Crippen molar-refractivity contribution in [1.29, 1.82) is 0 Å². The van der Waals surface area contributed by atoms with Gasteiger partial charge >= 0.3 is 0 Å². The highest BCUT2D eigenvalue weighted by molar-refractivity contribution is 6.30. The number of carbonyl (C=O) groups excluding carboxylic acids is 2. The van der Waals surface area contributed by atoms with Crippen molar-refractivity contribution in [3.8, 4) is 0 Å². The zero-order valence-electron chi connectivity index (χ0n) is 10.3. The molecule has 6 heteroatoms. The van der Waals surface area contributed by atoms with Crippen LogP contribution in [0.5, 0.6) is 0 Å². The molecule has 0 saturated carbocycles. The number of likely N-dealkylation sites (tertiary alicyclic amines) is 1.